The molecule has 122 valence electrons. The van der Waals surface area contributed by atoms with E-state index < -0.39 is 6.04 Å². The highest BCUT2D eigenvalue weighted by Gasteiger charge is 2.32. The molecule has 1 unspecified atom stereocenters. The topological polar surface area (TPSA) is 72.4 Å². The number of primary amides is 1. The number of carbonyl (C=O) groups is 1. The van der Waals surface area contributed by atoms with Crippen molar-refractivity contribution >= 4 is 17.2 Å². The van der Waals surface area contributed by atoms with Crippen LogP contribution in [0.25, 0.3) is 10.6 Å². The van der Waals surface area contributed by atoms with Crippen LogP contribution in [0, 0.1) is 0 Å². The number of hydrogen-bond acceptors (Lipinski definition) is 5. The summed E-state index contributed by atoms with van der Waals surface area (Å²) in [6.45, 7) is 1.22. The number of fused-ring (bicyclic) bond motifs is 1. The lowest BCUT2D eigenvalue weighted by Gasteiger charge is -2.34. The first kappa shape index (κ1) is 15.1. The summed E-state index contributed by atoms with van der Waals surface area (Å²) in [5, 5.41) is 2.00. The summed E-state index contributed by atoms with van der Waals surface area (Å²) in [5.74, 6) is 1.02. The number of nitrogens with two attached hydrogens (primary N) is 1. The van der Waals surface area contributed by atoms with Crippen molar-refractivity contribution in [2.24, 2.45) is 5.73 Å². The van der Waals surface area contributed by atoms with Gasteiger partial charge in [-0.15, -0.1) is 11.3 Å². The van der Waals surface area contributed by atoms with Gasteiger partial charge in [-0.1, -0.05) is 30.3 Å². The molecule has 5 nitrogen and oxygen atoms in total. The molecule has 1 aliphatic heterocycles. The van der Waals surface area contributed by atoms with Crippen LogP contribution in [-0.4, -0.2) is 22.3 Å². The molecule has 2 N–H and O–H groups in total. The smallest absolute Gasteiger partial charge is 0.239 e. The molecule has 4 rings (SSSR count). The molecule has 0 aliphatic carbocycles. The average Bonchev–Trinajstić information content (AvgIpc) is 3.25. The molecule has 24 heavy (non-hydrogen) atoms. The molecular weight excluding hydrogens is 322 g/mol. The highest BCUT2D eigenvalue weighted by atomic mass is 32.1. The largest absolute Gasteiger partial charge is 0.438 e. The van der Waals surface area contributed by atoms with Gasteiger partial charge in [-0.3, -0.25) is 9.69 Å². The summed E-state index contributed by atoms with van der Waals surface area (Å²) in [5.41, 5.74) is 7.85. The van der Waals surface area contributed by atoms with Gasteiger partial charge in [0.25, 0.3) is 0 Å². The van der Waals surface area contributed by atoms with E-state index in [4.69, 9.17) is 10.2 Å². The fourth-order valence-corrected chi connectivity index (χ4v) is 3.88. The summed E-state index contributed by atoms with van der Waals surface area (Å²) in [6, 6.07) is 11.5. The zero-order valence-corrected chi connectivity index (χ0v) is 13.8. The van der Waals surface area contributed by atoms with Crippen molar-refractivity contribution in [2.45, 2.75) is 19.0 Å². The standard InChI is InChI=1S/C18H17N3O2S/c19-18(22)17-13-5-2-1-4-12(13)7-8-21(17)11-16-20-10-14(23-16)15-6-3-9-24-15/h1-6,9-10,17H,7-8,11H2,(H2,19,22). The minimum absolute atomic E-state index is 0.341. The Hall–Kier alpha value is -2.44. The van der Waals surface area contributed by atoms with Gasteiger partial charge >= 0.3 is 0 Å². The van der Waals surface area contributed by atoms with Gasteiger partial charge in [0.05, 0.1) is 17.6 Å². The van der Waals surface area contributed by atoms with Crippen LogP contribution in [0.1, 0.15) is 23.1 Å². The van der Waals surface area contributed by atoms with E-state index >= 15 is 0 Å². The highest BCUT2D eigenvalue weighted by Crippen LogP contribution is 2.31. The Morgan fingerprint density at radius 3 is 3.00 bits per heavy atom. The first-order chi connectivity index (χ1) is 11.7. The Kier molecular flexibility index (Phi) is 3.92. The Labute approximate surface area is 143 Å². The fourth-order valence-electron chi connectivity index (χ4n) is 3.21. The normalized spacial score (nSPS) is 17.6. The molecule has 1 aliphatic rings. The van der Waals surface area contributed by atoms with Crippen molar-refractivity contribution < 1.29 is 9.21 Å². The summed E-state index contributed by atoms with van der Waals surface area (Å²) in [4.78, 5) is 19.5. The van der Waals surface area contributed by atoms with Crippen LogP contribution in [0.15, 0.2) is 52.4 Å². The first-order valence-electron chi connectivity index (χ1n) is 7.82. The number of oxazole rings is 1. The Morgan fingerprint density at radius 2 is 2.21 bits per heavy atom. The summed E-state index contributed by atoms with van der Waals surface area (Å²) in [7, 11) is 0. The zero-order valence-electron chi connectivity index (χ0n) is 13.0. The molecule has 1 amide bonds. The average molecular weight is 339 g/mol. The minimum Gasteiger partial charge on any atom is -0.438 e. The van der Waals surface area contributed by atoms with Gasteiger partial charge in [0.1, 0.15) is 6.04 Å². The van der Waals surface area contributed by atoms with E-state index in [1.54, 1.807) is 17.5 Å². The lowest BCUT2D eigenvalue weighted by atomic mass is 9.92. The van der Waals surface area contributed by atoms with Gasteiger partial charge in [0, 0.05) is 6.54 Å². The van der Waals surface area contributed by atoms with Gasteiger partial charge in [-0.25, -0.2) is 4.98 Å². The Balaban J connectivity index is 1.59. The predicted octanol–water partition coefficient (Wildman–Crippen LogP) is 2.99. The molecule has 1 aromatic carbocycles. The van der Waals surface area contributed by atoms with Gasteiger partial charge in [-0.2, -0.15) is 0 Å². The molecule has 0 spiro atoms. The van der Waals surface area contributed by atoms with E-state index in [1.807, 2.05) is 40.6 Å². The summed E-state index contributed by atoms with van der Waals surface area (Å²) >= 11 is 1.61. The third-order valence-corrected chi connectivity index (χ3v) is 5.19. The van der Waals surface area contributed by atoms with E-state index in [1.165, 1.54) is 5.56 Å². The molecule has 6 heteroatoms. The van der Waals surface area contributed by atoms with Crippen LogP contribution in [0.2, 0.25) is 0 Å². The fraction of sp³-hybridized carbons (Fsp3) is 0.222. The number of amides is 1. The third-order valence-electron chi connectivity index (χ3n) is 4.31. The van der Waals surface area contributed by atoms with E-state index in [2.05, 4.69) is 11.1 Å². The number of rotatable bonds is 4. The molecule has 1 atom stereocenters. The minimum atomic E-state index is -0.438. The van der Waals surface area contributed by atoms with Crippen LogP contribution >= 0.6 is 11.3 Å². The van der Waals surface area contributed by atoms with E-state index in [0.29, 0.717) is 12.4 Å². The lowest BCUT2D eigenvalue weighted by molar-refractivity contribution is -0.124. The molecule has 0 saturated carbocycles. The summed E-state index contributed by atoms with van der Waals surface area (Å²) in [6.07, 6.45) is 2.62. The van der Waals surface area contributed by atoms with Crippen LogP contribution in [0.3, 0.4) is 0 Å². The Bertz CT molecular complexity index is 857. The monoisotopic (exact) mass is 339 g/mol. The number of benzene rings is 1. The van der Waals surface area contributed by atoms with Crippen LogP contribution in [0.4, 0.5) is 0 Å². The first-order valence-corrected chi connectivity index (χ1v) is 8.70. The van der Waals surface area contributed by atoms with Crippen molar-refractivity contribution in [3.05, 3.63) is 65.0 Å². The zero-order chi connectivity index (χ0) is 16.5. The number of nitrogens with zero attached hydrogens (tertiary/aromatic N) is 2. The van der Waals surface area contributed by atoms with Gasteiger partial charge in [0.15, 0.2) is 5.76 Å². The van der Waals surface area contributed by atoms with E-state index in [0.717, 1.165) is 29.2 Å². The number of hydrogen-bond donors (Lipinski definition) is 1. The second kappa shape index (κ2) is 6.22. The molecule has 2 aromatic heterocycles. The van der Waals surface area contributed by atoms with Crippen molar-refractivity contribution in [3.63, 3.8) is 0 Å². The molecule has 0 radical (unpaired) electrons. The van der Waals surface area contributed by atoms with Crippen molar-refractivity contribution in [2.75, 3.05) is 6.54 Å². The maximum absolute atomic E-state index is 12.0. The van der Waals surface area contributed by atoms with Crippen LogP contribution < -0.4 is 5.73 Å². The second-order valence-electron chi connectivity index (χ2n) is 5.82. The third kappa shape index (κ3) is 2.74. The van der Waals surface area contributed by atoms with Crippen molar-refractivity contribution in [1.82, 2.24) is 9.88 Å². The van der Waals surface area contributed by atoms with Crippen molar-refractivity contribution in [3.8, 4) is 10.6 Å². The molecular formula is C18H17N3O2S. The van der Waals surface area contributed by atoms with Gasteiger partial charge in [-0.05, 0) is 29.0 Å². The van der Waals surface area contributed by atoms with Crippen LogP contribution in [0.5, 0.6) is 0 Å². The van der Waals surface area contributed by atoms with E-state index in [-0.39, 0.29) is 5.91 Å². The molecule has 0 saturated heterocycles. The molecule has 0 fully saturated rings. The maximum atomic E-state index is 12.0. The SMILES string of the molecule is NC(=O)C1c2ccccc2CCN1Cc1ncc(-c2cccs2)o1. The quantitative estimate of drug-likeness (QED) is 0.793. The Morgan fingerprint density at radius 1 is 1.33 bits per heavy atom. The highest BCUT2D eigenvalue weighted by molar-refractivity contribution is 7.13. The molecule has 0 bridgehead atoms. The summed E-state index contributed by atoms with van der Waals surface area (Å²) < 4.78 is 5.85. The van der Waals surface area contributed by atoms with Crippen LogP contribution in [-0.2, 0) is 17.8 Å². The molecule has 3 heterocycles. The van der Waals surface area contributed by atoms with Gasteiger partial charge in [0.2, 0.25) is 11.8 Å². The van der Waals surface area contributed by atoms with Gasteiger partial charge < -0.3 is 10.2 Å². The second-order valence-corrected chi connectivity index (χ2v) is 6.77. The lowest BCUT2D eigenvalue weighted by Crippen LogP contribution is -2.42. The van der Waals surface area contributed by atoms with E-state index in [9.17, 15) is 4.79 Å². The number of carbonyl (C=O) groups excluding carboxylic acids is 1. The molecule has 3 aromatic rings. The number of aromatic nitrogens is 1. The van der Waals surface area contributed by atoms with Crippen molar-refractivity contribution in [1.29, 1.82) is 0 Å². The number of thiophene rings is 1. The maximum Gasteiger partial charge on any atom is 0.239 e. The predicted molar refractivity (Wildman–Crippen MR) is 92.3 cm³/mol.